The number of carbonyl (C=O) groups is 2. The predicted molar refractivity (Wildman–Crippen MR) is 78.4 cm³/mol. The molecule has 5 heteroatoms. The van der Waals surface area contributed by atoms with Gasteiger partial charge in [0.25, 0.3) is 5.91 Å². The van der Waals surface area contributed by atoms with Crippen molar-refractivity contribution in [3.63, 3.8) is 0 Å². The van der Waals surface area contributed by atoms with E-state index in [1.54, 1.807) is 24.0 Å². The number of carboxylic acids is 1. The fraction of sp³-hybridized carbons (Fsp3) is 0.500. The molecule has 1 aromatic rings. The Kier molecular flexibility index (Phi) is 4.83. The van der Waals surface area contributed by atoms with E-state index < -0.39 is 5.97 Å². The maximum absolute atomic E-state index is 12.7. The first-order chi connectivity index (χ1) is 9.99. The smallest absolute Gasteiger partial charge is 0.303 e. The number of benzene rings is 1. The Bertz CT molecular complexity index is 541. The minimum absolute atomic E-state index is 0.00412. The summed E-state index contributed by atoms with van der Waals surface area (Å²) in [5, 5.41) is 18.3. The van der Waals surface area contributed by atoms with E-state index >= 15 is 0 Å². The molecular formula is C16H21NO4. The highest BCUT2D eigenvalue weighted by Gasteiger charge is 2.28. The maximum Gasteiger partial charge on any atom is 0.303 e. The van der Waals surface area contributed by atoms with Crippen molar-refractivity contribution in [3.05, 3.63) is 29.3 Å². The van der Waals surface area contributed by atoms with E-state index in [9.17, 15) is 14.7 Å². The lowest BCUT2D eigenvalue weighted by Crippen LogP contribution is -2.44. The highest BCUT2D eigenvalue weighted by Crippen LogP contribution is 2.25. The van der Waals surface area contributed by atoms with Gasteiger partial charge in [0.05, 0.1) is 0 Å². The Balaban J connectivity index is 2.16. The zero-order valence-corrected chi connectivity index (χ0v) is 12.2. The van der Waals surface area contributed by atoms with Crippen molar-refractivity contribution in [3.8, 4) is 5.75 Å². The van der Waals surface area contributed by atoms with Crippen LogP contribution in [0.5, 0.6) is 5.75 Å². The van der Waals surface area contributed by atoms with Crippen LogP contribution >= 0.6 is 0 Å². The van der Waals surface area contributed by atoms with Crippen LogP contribution in [0.1, 0.15) is 48.0 Å². The van der Waals surface area contributed by atoms with Gasteiger partial charge in [-0.05, 0) is 56.4 Å². The Morgan fingerprint density at radius 2 is 2.10 bits per heavy atom. The largest absolute Gasteiger partial charge is 0.508 e. The number of carboxylic acid groups (broad SMARTS) is 1. The van der Waals surface area contributed by atoms with Gasteiger partial charge in [-0.25, -0.2) is 0 Å². The molecule has 0 radical (unpaired) electrons. The van der Waals surface area contributed by atoms with E-state index in [0.717, 1.165) is 24.8 Å². The summed E-state index contributed by atoms with van der Waals surface area (Å²) in [5.41, 5.74) is 1.32. The number of rotatable bonds is 4. The van der Waals surface area contributed by atoms with Crippen molar-refractivity contribution in [2.24, 2.45) is 0 Å². The normalized spacial score (nSPS) is 18.5. The lowest BCUT2D eigenvalue weighted by molar-refractivity contribution is -0.137. The van der Waals surface area contributed by atoms with Crippen molar-refractivity contribution in [1.82, 2.24) is 4.90 Å². The summed E-state index contributed by atoms with van der Waals surface area (Å²) in [5.74, 6) is -0.749. The van der Waals surface area contributed by atoms with Crippen LogP contribution in [0.15, 0.2) is 18.2 Å². The van der Waals surface area contributed by atoms with Crippen LogP contribution in [0.3, 0.4) is 0 Å². The van der Waals surface area contributed by atoms with E-state index in [2.05, 4.69) is 0 Å². The Morgan fingerprint density at radius 1 is 1.33 bits per heavy atom. The molecule has 0 bridgehead atoms. The number of aromatic hydroxyl groups is 1. The van der Waals surface area contributed by atoms with Crippen LogP contribution in [-0.4, -0.2) is 39.6 Å². The van der Waals surface area contributed by atoms with Gasteiger partial charge >= 0.3 is 5.97 Å². The molecule has 0 saturated carbocycles. The first-order valence-corrected chi connectivity index (χ1v) is 7.31. The summed E-state index contributed by atoms with van der Waals surface area (Å²) in [6, 6.07) is 4.71. The molecule has 2 N–H and O–H groups in total. The number of aryl methyl sites for hydroxylation is 1. The molecule has 1 fully saturated rings. The van der Waals surface area contributed by atoms with Gasteiger partial charge in [0, 0.05) is 24.6 Å². The van der Waals surface area contributed by atoms with Gasteiger partial charge in [-0.15, -0.1) is 0 Å². The molecule has 21 heavy (non-hydrogen) atoms. The SMILES string of the molecule is Cc1cc(O)ccc1C(=O)N1CCCCC1CCC(=O)O. The Labute approximate surface area is 124 Å². The summed E-state index contributed by atoms with van der Waals surface area (Å²) in [4.78, 5) is 25.2. The molecule has 0 spiro atoms. The van der Waals surface area contributed by atoms with Crippen LogP contribution in [0.2, 0.25) is 0 Å². The average molecular weight is 291 g/mol. The van der Waals surface area contributed by atoms with Gasteiger partial charge in [0.1, 0.15) is 5.75 Å². The Hall–Kier alpha value is -2.04. The number of carbonyl (C=O) groups excluding carboxylic acids is 1. The highest BCUT2D eigenvalue weighted by molar-refractivity contribution is 5.96. The molecule has 1 aliphatic heterocycles. The second kappa shape index (κ2) is 6.61. The van der Waals surface area contributed by atoms with Crippen molar-refractivity contribution in [2.75, 3.05) is 6.54 Å². The molecule has 5 nitrogen and oxygen atoms in total. The third-order valence-corrected chi connectivity index (χ3v) is 4.02. The molecule has 1 atom stereocenters. The molecule has 114 valence electrons. The zero-order chi connectivity index (χ0) is 15.4. The first-order valence-electron chi connectivity index (χ1n) is 7.31. The first kappa shape index (κ1) is 15.4. The lowest BCUT2D eigenvalue weighted by atomic mass is 9.96. The average Bonchev–Trinajstić information content (AvgIpc) is 2.45. The van der Waals surface area contributed by atoms with Crippen molar-refractivity contribution >= 4 is 11.9 Å². The lowest BCUT2D eigenvalue weighted by Gasteiger charge is -2.36. The fourth-order valence-corrected chi connectivity index (χ4v) is 2.90. The highest BCUT2D eigenvalue weighted by atomic mass is 16.4. The molecule has 1 aromatic carbocycles. The van der Waals surface area contributed by atoms with Crippen molar-refractivity contribution < 1.29 is 19.8 Å². The second-order valence-corrected chi connectivity index (χ2v) is 5.58. The third-order valence-electron chi connectivity index (χ3n) is 4.02. The van der Waals surface area contributed by atoms with Gasteiger partial charge in [-0.2, -0.15) is 0 Å². The summed E-state index contributed by atoms with van der Waals surface area (Å²) in [6.45, 7) is 2.46. The van der Waals surface area contributed by atoms with Crippen molar-refractivity contribution in [2.45, 2.75) is 45.1 Å². The molecular weight excluding hydrogens is 270 g/mol. The topological polar surface area (TPSA) is 77.8 Å². The van der Waals surface area contributed by atoms with Crippen LogP contribution < -0.4 is 0 Å². The van der Waals surface area contributed by atoms with E-state index in [1.807, 2.05) is 0 Å². The number of hydrogen-bond donors (Lipinski definition) is 2. The number of piperidine rings is 1. The Morgan fingerprint density at radius 3 is 2.76 bits per heavy atom. The third kappa shape index (κ3) is 3.74. The number of phenolic OH excluding ortho intramolecular Hbond substituents is 1. The van der Waals surface area contributed by atoms with Crippen LogP contribution in [0, 0.1) is 6.92 Å². The number of hydrogen-bond acceptors (Lipinski definition) is 3. The standard InChI is InChI=1S/C16H21NO4/c1-11-10-13(18)6-7-14(11)16(21)17-9-3-2-4-12(17)5-8-15(19)20/h6-7,10,12,18H,2-5,8-9H2,1H3,(H,19,20). The summed E-state index contributed by atoms with van der Waals surface area (Å²) < 4.78 is 0. The number of aliphatic carboxylic acids is 1. The van der Waals surface area contributed by atoms with Gasteiger partial charge in [-0.1, -0.05) is 0 Å². The minimum atomic E-state index is -0.825. The number of amides is 1. The number of phenols is 1. The molecule has 0 aliphatic carbocycles. The van der Waals surface area contributed by atoms with E-state index in [0.29, 0.717) is 18.5 Å². The molecule has 1 unspecified atom stereocenters. The van der Waals surface area contributed by atoms with Crippen molar-refractivity contribution in [1.29, 1.82) is 0 Å². The quantitative estimate of drug-likeness (QED) is 0.893. The van der Waals surface area contributed by atoms with Crippen LogP contribution in [-0.2, 0) is 4.79 Å². The fourth-order valence-electron chi connectivity index (χ4n) is 2.90. The molecule has 1 heterocycles. The summed E-state index contributed by atoms with van der Waals surface area (Å²) >= 11 is 0. The van der Waals surface area contributed by atoms with E-state index in [1.165, 1.54) is 6.07 Å². The van der Waals surface area contributed by atoms with E-state index in [-0.39, 0.29) is 24.1 Å². The summed E-state index contributed by atoms with van der Waals surface area (Å²) in [7, 11) is 0. The zero-order valence-electron chi connectivity index (χ0n) is 12.2. The predicted octanol–water partition coefficient (Wildman–Crippen LogP) is 2.56. The van der Waals surface area contributed by atoms with Gasteiger partial charge < -0.3 is 15.1 Å². The van der Waals surface area contributed by atoms with Gasteiger partial charge in [0.2, 0.25) is 0 Å². The number of nitrogens with zero attached hydrogens (tertiary/aromatic N) is 1. The molecule has 1 saturated heterocycles. The minimum Gasteiger partial charge on any atom is -0.508 e. The van der Waals surface area contributed by atoms with E-state index in [4.69, 9.17) is 5.11 Å². The monoisotopic (exact) mass is 291 g/mol. The second-order valence-electron chi connectivity index (χ2n) is 5.58. The molecule has 2 rings (SSSR count). The van der Waals surface area contributed by atoms with Crippen LogP contribution in [0.25, 0.3) is 0 Å². The maximum atomic E-state index is 12.7. The number of likely N-dealkylation sites (tertiary alicyclic amines) is 1. The molecule has 1 aliphatic rings. The van der Waals surface area contributed by atoms with Gasteiger partial charge in [0.15, 0.2) is 0 Å². The van der Waals surface area contributed by atoms with Gasteiger partial charge in [-0.3, -0.25) is 9.59 Å². The van der Waals surface area contributed by atoms with Crippen LogP contribution in [0.4, 0.5) is 0 Å². The summed E-state index contributed by atoms with van der Waals surface area (Å²) in [6.07, 6.45) is 3.42. The molecule has 1 amide bonds. The molecule has 0 aromatic heterocycles.